The molecule has 1 amide bonds. The van der Waals surface area contributed by atoms with Crippen molar-refractivity contribution >= 4 is 15.9 Å². The predicted molar refractivity (Wildman–Crippen MR) is 166 cm³/mol. The first-order valence-electron chi connectivity index (χ1n) is 15.7. The van der Waals surface area contributed by atoms with E-state index in [4.69, 9.17) is 14.2 Å². The molecule has 1 aliphatic carbocycles. The van der Waals surface area contributed by atoms with Gasteiger partial charge in [0.05, 0.1) is 25.2 Å². The van der Waals surface area contributed by atoms with E-state index in [1.807, 2.05) is 29.2 Å². The first-order valence-corrected chi connectivity index (χ1v) is 17.1. The molecule has 0 radical (unpaired) electrons. The third-order valence-corrected chi connectivity index (χ3v) is 10.8. The summed E-state index contributed by atoms with van der Waals surface area (Å²) in [5, 5.41) is 9.60. The molecule has 1 saturated carbocycles. The zero-order valence-corrected chi connectivity index (χ0v) is 26.4. The van der Waals surface area contributed by atoms with Gasteiger partial charge in [0.25, 0.3) is 5.91 Å². The summed E-state index contributed by atoms with van der Waals surface area (Å²) in [4.78, 5) is 18.0. The molecule has 0 aromatic heterocycles. The van der Waals surface area contributed by atoms with Crippen LogP contribution in [0, 0.1) is 11.8 Å². The Morgan fingerprint density at radius 1 is 1.00 bits per heavy atom. The van der Waals surface area contributed by atoms with Gasteiger partial charge >= 0.3 is 0 Å². The minimum Gasteiger partial charge on any atom is -0.497 e. The maximum absolute atomic E-state index is 13.7. The van der Waals surface area contributed by atoms with Gasteiger partial charge in [-0.15, -0.1) is 0 Å². The monoisotopic (exact) mass is 627 g/mol. The summed E-state index contributed by atoms with van der Waals surface area (Å²) in [6.07, 6.45) is 6.61. The summed E-state index contributed by atoms with van der Waals surface area (Å²) in [5.41, 5.74) is 1.26. The maximum Gasteiger partial charge on any atom is 0.288 e. The Kier molecular flexibility index (Phi) is 11.3. The number of ether oxygens (including phenoxy) is 3. The third kappa shape index (κ3) is 8.19. The van der Waals surface area contributed by atoms with Crippen LogP contribution in [0.3, 0.4) is 0 Å². The second kappa shape index (κ2) is 15.4. The molecule has 3 aliphatic rings. The van der Waals surface area contributed by atoms with Crippen LogP contribution in [0.1, 0.15) is 37.7 Å². The number of methoxy groups -OCH3 is 1. The minimum absolute atomic E-state index is 0.0409. The summed E-state index contributed by atoms with van der Waals surface area (Å²) in [6.45, 7) is 3.44. The summed E-state index contributed by atoms with van der Waals surface area (Å²) < 4.78 is 45.2. The molecule has 1 N–H and O–H groups in total. The number of amides is 1. The van der Waals surface area contributed by atoms with E-state index in [2.05, 4.69) is 17.0 Å². The number of hydrogen-bond acceptors (Lipinski definition) is 8. The number of sulfonamides is 1. The number of benzene rings is 2. The molecule has 0 bridgehead atoms. The minimum atomic E-state index is -3.86. The van der Waals surface area contributed by atoms with Crippen molar-refractivity contribution in [2.75, 3.05) is 59.6 Å². The molecule has 2 fully saturated rings. The smallest absolute Gasteiger partial charge is 0.288 e. The predicted octanol–water partition coefficient (Wildman–Crippen LogP) is 3.48. The number of nitrogens with zero attached hydrogens (tertiary/aromatic N) is 3. The first-order chi connectivity index (χ1) is 21.4. The van der Waals surface area contributed by atoms with E-state index in [0.717, 1.165) is 32.5 Å². The van der Waals surface area contributed by atoms with Gasteiger partial charge < -0.3 is 24.2 Å². The lowest BCUT2D eigenvalue weighted by molar-refractivity contribution is -0.157. The Hall–Kier alpha value is -2.96. The Bertz CT molecular complexity index is 1340. The van der Waals surface area contributed by atoms with E-state index < -0.39 is 16.3 Å². The topological polar surface area (TPSA) is 109 Å². The van der Waals surface area contributed by atoms with Gasteiger partial charge in [0, 0.05) is 52.2 Å². The molecule has 2 aromatic rings. The Labute approximate surface area is 261 Å². The van der Waals surface area contributed by atoms with Crippen LogP contribution in [0.15, 0.2) is 71.3 Å². The van der Waals surface area contributed by atoms with E-state index in [1.54, 1.807) is 12.1 Å². The highest BCUT2D eigenvalue weighted by Crippen LogP contribution is 2.38. The van der Waals surface area contributed by atoms with Crippen LogP contribution in [-0.2, 0) is 30.8 Å². The number of aliphatic hydroxyl groups is 1. The van der Waals surface area contributed by atoms with E-state index in [1.165, 1.54) is 42.0 Å². The highest BCUT2D eigenvalue weighted by Gasteiger charge is 2.36. The highest BCUT2D eigenvalue weighted by atomic mass is 32.2. The lowest BCUT2D eigenvalue weighted by atomic mass is 9.86. The van der Waals surface area contributed by atoms with E-state index in [-0.39, 0.29) is 43.0 Å². The van der Waals surface area contributed by atoms with Gasteiger partial charge in [-0.3, -0.25) is 9.69 Å². The van der Waals surface area contributed by atoms with Crippen LogP contribution in [0.25, 0.3) is 0 Å². The second-order valence-corrected chi connectivity index (χ2v) is 13.7. The van der Waals surface area contributed by atoms with Crippen LogP contribution in [0.2, 0.25) is 0 Å². The van der Waals surface area contributed by atoms with Crippen LogP contribution in [-0.4, -0.2) is 99.4 Å². The van der Waals surface area contributed by atoms with Crippen molar-refractivity contribution in [3.63, 3.8) is 0 Å². The van der Waals surface area contributed by atoms with Gasteiger partial charge in [-0.1, -0.05) is 43.2 Å². The van der Waals surface area contributed by atoms with Gasteiger partial charge in [-0.05, 0) is 60.6 Å². The molecule has 11 heteroatoms. The molecule has 10 nitrogen and oxygen atoms in total. The normalized spacial score (nSPS) is 21.7. The second-order valence-electron chi connectivity index (χ2n) is 11.8. The summed E-state index contributed by atoms with van der Waals surface area (Å²) in [7, 11) is -2.34. The largest absolute Gasteiger partial charge is 0.497 e. The summed E-state index contributed by atoms with van der Waals surface area (Å²) in [6, 6.07) is 16.5. The van der Waals surface area contributed by atoms with Gasteiger partial charge in [0.1, 0.15) is 5.75 Å². The number of piperazine rings is 1. The maximum atomic E-state index is 13.7. The molecule has 0 spiro atoms. The SMILES string of the molecule is COc1ccc(S(=O)(=O)N(CCO)CCO[C@H]2C[C@@H](C3CCCC3)C=C(C(=O)N3CCN(Cc4ccccc4)CC3)O2)cc1. The van der Waals surface area contributed by atoms with Crippen molar-refractivity contribution in [1.82, 2.24) is 14.1 Å². The average molecular weight is 628 g/mol. The fraction of sp³-hybridized carbons (Fsp3) is 0.545. The summed E-state index contributed by atoms with van der Waals surface area (Å²) >= 11 is 0. The van der Waals surface area contributed by atoms with Crippen molar-refractivity contribution in [3.05, 3.63) is 72.0 Å². The quantitative estimate of drug-likeness (QED) is 0.360. The number of carbonyl (C=O) groups is 1. The van der Waals surface area contributed by atoms with Crippen molar-refractivity contribution < 1.29 is 32.5 Å². The fourth-order valence-corrected chi connectivity index (χ4v) is 7.82. The first kappa shape index (κ1) is 32.4. The Morgan fingerprint density at radius 3 is 2.36 bits per heavy atom. The zero-order chi connectivity index (χ0) is 30.9. The number of carbonyl (C=O) groups excluding carboxylic acids is 1. The fourth-order valence-electron chi connectivity index (χ4n) is 6.40. The lowest BCUT2D eigenvalue weighted by Gasteiger charge is -2.37. The standard InChI is InChI=1S/C33H45N3O7S/c1-41-29-11-13-30(14-12-29)44(39,40)36(19-21-37)20-22-42-32-24-28(27-9-5-6-10-27)23-31(43-32)33(38)35-17-15-34(16-18-35)25-26-7-3-2-4-8-26/h2-4,7-8,11-14,23,27-28,32,37H,5-6,9-10,15-22,24-25H2,1H3/t28-,32+/m0/s1. The lowest BCUT2D eigenvalue weighted by Crippen LogP contribution is -2.49. The van der Waals surface area contributed by atoms with Gasteiger partial charge in [-0.2, -0.15) is 4.31 Å². The zero-order valence-electron chi connectivity index (χ0n) is 25.6. The highest BCUT2D eigenvalue weighted by molar-refractivity contribution is 7.89. The molecule has 240 valence electrons. The van der Waals surface area contributed by atoms with Gasteiger partial charge in [-0.25, -0.2) is 8.42 Å². The van der Waals surface area contributed by atoms with Crippen molar-refractivity contribution in [2.45, 2.75) is 49.8 Å². The number of allylic oxidation sites excluding steroid dienone is 1. The molecular formula is C33H45N3O7S. The van der Waals surface area contributed by atoms with E-state index in [9.17, 15) is 18.3 Å². The molecule has 5 rings (SSSR count). The molecular weight excluding hydrogens is 582 g/mol. The number of aliphatic hydroxyl groups excluding tert-OH is 1. The third-order valence-electron chi connectivity index (χ3n) is 8.90. The molecule has 2 atom stereocenters. The molecule has 0 unspecified atom stereocenters. The van der Waals surface area contributed by atoms with Gasteiger partial charge in [0.15, 0.2) is 5.76 Å². The Balaban J connectivity index is 1.19. The van der Waals surface area contributed by atoms with Crippen LogP contribution in [0.5, 0.6) is 5.75 Å². The van der Waals surface area contributed by atoms with E-state index in [0.29, 0.717) is 36.9 Å². The van der Waals surface area contributed by atoms with Crippen LogP contribution in [0.4, 0.5) is 0 Å². The molecule has 44 heavy (non-hydrogen) atoms. The Morgan fingerprint density at radius 2 is 1.70 bits per heavy atom. The van der Waals surface area contributed by atoms with Crippen molar-refractivity contribution in [1.29, 1.82) is 0 Å². The van der Waals surface area contributed by atoms with Crippen molar-refractivity contribution in [2.24, 2.45) is 11.8 Å². The van der Waals surface area contributed by atoms with E-state index >= 15 is 0 Å². The van der Waals surface area contributed by atoms with Crippen LogP contribution >= 0.6 is 0 Å². The average Bonchev–Trinajstić information content (AvgIpc) is 3.60. The molecule has 2 aliphatic heterocycles. The molecule has 1 saturated heterocycles. The van der Waals surface area contributed by atoms with Crippen LogP contribution < -0.4 is 4.74 Å². The summed E-state index contributed by atoms with van der Waals surface area (Å²) in [5.74, 6) is 1.44. The number of rotatable bonds is 13. The van der Waals surface area contributed by atoms with Crippen molar-refractivity contribution in [3.8, 4) is 5.75 Å². The molecule has 2 heterocycles. The number of hydrogen-bond donors (Lipinski definition) is 1. The van der Waals surface area contributed by atoms with Gasteiger partial charge in [0.2, 0.25) is 16.3 Å². The molecule has 2 aromatic carbocycles.